The van der Waals surface area contributed by atoms with Gasteiger partial charge in [0.05, 0.1) is 29.4 Å². The van der Waals surface area contributed by atoms with E-state index in [1.54, 1.807) is 47.8 Å². The van der Waals surface area contributed by atoms with Crippen molar-refractivity contribution in [3.05, 3.63) is 76.6 Å². The van der Waals surface area contributed by atoms with Gasteiger partial charge in [-0.3, -0.25) is 19.5 Å². The minimum Gasteiger partial charge on any atom is -0.382 e. The summed E-state index contributed by atoms with van der Waals surface area (Å²) in [4.78, 5) is 28.5. The highest BCUT2D eigenvalue weighted by Crippen LogP contribution is 2.48. The molecule has 10 nitrogen and oxygen atoms in total. The molecule has 0 unspecified atom stereocenters. The third-order valence-electron chi connectivity index (χ3n) is 6.72. The minimum absolute atomic E-state index is 0.00917. The summed E-state index contributed by atoms with van der Waals surface area (Å²) in [6.07, 6.45) is -1.63. The summed E-state index contributed by atoms with van der Waals surface area (Å²) in [6.45, 7) is 6.07. The van der Waals surface area contributed by atoms with Gasteiger partial charge in [0.2, 0.25) is 6.41 Å². The first-order valence-electron chi connectivity index (χ1n) is 14.8. The largest absolute Gasteiger partial charge is 0.411 e. The highest BCUT2D eigenvalue weighted by atomic mass is 35.5. The summed E-state index contributed by atoms with van der Waals surface area (Å²) in [5.74, 6) is -0.517. The number of nitrogens with one attached hydrogen (secondary N) is 1. The maximum atomic E-state index is 13.5. The second-order valence-electron chi connectivity index (χ2n) is 12.5. The smallest absolute Gasteiger partial charge is 0.382 e. The van der Waals surface area contributed by atoms with Crippen molar-refractivity contribution < 1.29 is 36.3 Å². The fourth-order valence-electron chi connectivity index (χ4n) is 4.11. The summed E-state index contributed by atoms with van der Waals surface area (Å²) in [6, 6.07) is 12.5. The highest BCUT2D eigenvalue weighted by Gasteiger charge is 2.63. The molecule has 1 atom stereocenters. The number of carbonyl (C=O) groups is 2. The summed E-state index contributed by atoms with van der Waals surface area (Å²) in [7, 11) is 2.93. The van der Waals surface area contributed by atoms with Crippen LogP contribution in [0.1, 0.15) is 74.6 Å². The molecule has 0 bridgehead atoms. The van der Waals surface area contributed by atoms with Crippen molar-refractivity contribution in [3.63, 3.8) is 0 Å². The van der Waals surface area contributed by atoms with E-state index in [-0.39, 0.29) is 48.0 Å². The molecule has 1 aliphatic carbocycles. The van der Waals surface area contributed by atoms with E-state index in [9.17, 15) is 36.8 Å². The van der Waals surface area contributed by atoms with E-state index in [1.165, 1.54) is 31.5 Å². The number of aliphatic imine (C=N–C) groups is 1. The number of ether oxygens (including phenoxy) is 1. The monoisotopic (exact) mass is 711 g/mol. The number of aromatic nitrogens is 2. The molecule has 3 N–H and O–H groups in total. The van der Waals surface area contributed by atoms with Crippen LogP contribution < -0.4 is 11.1 Å². The molecule has 0 aliphatic heterocycles. The molecule has 0 saturated heterocycles. The second-order valence-corrected chi connectivity index (χ2v) is 12.9. The molecule has 4 rings (SSSR count). The Morgan fingerprint density at radius 1 is 1.18 bits per heavy atom. The van der Waals surface area contributed by atoms with Gasteiger partial charge in [-0.1, -0.05) is 57.5 Å². The van der Waals surface area contributed by atoms with E-state index in [0.29, 0.717) is 26.8 Å². The Balaban J connectivity index is 0.000000458. The zero-order chi connectivity index (χ0) is 37.2. The van der Waals surface area contributed by atoms with Crippen LogP contribution in [-0.4, -0.2) is 65.4 Å². The highest BCUT2D eigenvalue weighted by molar-refractivity contribution is 6.31. The van der Waals surface area contributed by atoms with Crippen LogP contribution in [0.2, 0.25) is 5.02 Å². The van der Waals surface area contributed by atoms with Crippen LogP contribution in [0.25, 0.3) is 11.1 Å². The number of amides is 2. The molecular weight excluding hydrogens is 673 g/mol. The lowest BCUT2D eigenvalue weighted by Gasteiger charge is -2.31. The molecule has 1 saturated carbocycles. The van der Waals surface area contributed by atoms with Gasteiger partial charge in [0, 0.05) is 31.5 Å². The average Bonchev–Trinajstić information content (AvgIpc) is 3.66. The Morgan fingerprint density at radius 3 is 2.18 bits per heavy atom. The standard InChI is InChI=1S/C23H21ClF2N6O2.C5H6F3NO.C5H12/c1-29-23(28)32(20(13-34-2)16-7-8-19(24)17(9-16)10-27)21(33)15-5-3-14(4-6-15)18-11-30-31(12-18)22(25)26;6-5(7,8)4(1-2-4)9-3-10;1-5(2,3)4/h3-9,11-12,20,22H,13H2,1-2H3,(H2,28,29);3H,1-2H2,(H,9,10);1-4H3/t20-;;/m1../s1. The molecule has 2 aromatic carbocycles. The molecule has 1 fully saturated rings. The summed E-state index contributed by atoms with van der Waals surface area (Å²) >= 11 is 6.06. The maximum Gasteiger partial charge on any atom is 0.411 e. The average molecular weight is 712 g/mol. The van der Waals surface area contributed by atoms with Crippen molar-refractivity contribution in [2.24, 2.45) is 16.1 Å². The number of nitrogens with two attached hydrogens (primary N) is 1. The Kier molecular flexibility index (Phi) is 14.3. The molecule has 1 aromatic heterocycles. The molecule has 1 aliphatic rings. The number of halogens is 6. The van der Waals surface area contributed by atoms with E-state index >= 15 is 0 Å². The summed E-state index contributed by atoms with van der Waals surface area (Å²) in [5.41, 5.74) is 6.92. The van der Waals surface area contributed by atoms with Gasteiger partial charge >= 0.3 is 12.7 Å². The van der Waals surface area contributed by atoms with Crippen LogP contribution in [-0.2, 0) is 9.53 Å². The molecule has 0 radical (unpaired) electrons. The topological polar surface area (TPSA) is 139 Å². The molecule has 2 amide bonds. The number of carbonyl (C=O) groups excluding carboxylic acids is 2. The van der Waals surface area contributed by atoms with Gasteiger partial charge in [0.15, 0.2) is 5.96 Å². The molecule has 1 heterocycles. The van der Waals surface area contributed by atoms with Crippen molar-refractivity contribution in [1.29, 1.82) is 5.26 Å². The lowest BCUT2D eigenvalue weighted by Crippen LogP contribution is -2.45. The molecule has 266 valence electrons. The van der Waals surface area contributed by atoms with Gasteiger partial charge in [0.25, 0.3) is 5.91 Å². The predicted molar refractivity (Wildman–Crippen MR) is 176 cm³/mol. The van der Waals surface area contributed by atoms with Crippen LogP contribution in [0.5, 0.6) is 0 Å². The number of rotatable bonds is 9. The van der Waals surface area contributed by atoms with Crippen molar-refractivity contribution in [2.45, 2.75) is 64.8 Å². The van der Waals surface area contributed by atoms with Crippen LogP contribution in [0.4, 0.5) is 22.0 Å². The first-order chi connectivity index (χ1) is 22.8. The number of benzene rings is 2. The second kappa shape index (κ2) is 17.2. The van der Waals surface area contributed by atoms with E-state index in [1.807, 2.05) is 6.07 Å². The number of hydrogen-bond acceptors (Lipinski definition) is 6. The minimum atomic E-state index is -4.28. The molecule has 49 heavy (non-hydrogen) atoms. The van der Waals surface area contributed by atoms with E-state index in [0.717, 1.165) is 0 Å². The van der Waals surface area contributed by atoms with Crippen LogP contribution in [0, 0.1) is 16.7 Å². The van der Waals surface area contributed by atoms with Crippen LogP contribution >= 0.6 is 11.6 Å². The third kappa shape index (κ3) is 11.5. The summed E-state index contributed by atoms with van der Waals surface area (Å²) in [5, 5.41) is 15.0. The number of hydrogen-bond donors (Lipinski definition) is 2. The molecule has 3 aromatic rings. The van der Waals surface area contributed by atoms with Gasteiger partial charge < -0.3 is 15.8 Å². The lowest BCUT2D eigenvalue weighted by atomic mass is 10.0. The zero-order valence-corrected chi connectivity index (χ0v) is 28.6. The number of methoxy groups -OCH3 is 1. The first kappa shape index (κ1) is 40.6. The Morgan fingerprint density at radius 2 is 1.78 bits per heavy atom. The van der Waals surface area contributed by atoms with Gasteiger partial charge in [0.1, 0.15) is 11.6 Å². The number of nitrogens with zero attached hydrogens (tertiary/aromatic N) is 5. The van der Waals surface area contributed by atoms with E-state index in [2.05, 4.69) is 37.8 Å². The Hall–Kier alpha value is -4.55. The van der Waals surface area contributed by atoms with Crippen molar-refractivity contribution in [2.75, 3.05) is 20.8 Å². The van der Waals surface area contributed by atoms with E-state index in [4.69, 9.17) is 22.1 Å². The summed E-state index contributed by atoms with van der Waals surface area (Å²) < 4.78 is 67.1. The Bertz CT molecular complexity index is 1620. The SMILES string of the molecule is CC(C)(C)C.CN=C(N)N(C(=O)c1ccc(-c2cnn(C(F)F)c2)cc1)[C@H](COC)c1ccc(Cl)c(C#N)c1.O=CNC1(C(F)(F)F)CC1. The van der Waals surface area contributed by atoms with Crippen molar-refractivity contribution in [3.8, 4) is 17.2 Å². The van der Waals surface area contributed by atoms with Crippen LogP contribution in [0.15, 0.2) is 59.9 Å². The number of alkyl halides is 5. The molecule has 16 heteroatoms. The van der Waals surface area contributed by atoms with Crippen molar-refractivity contribution >= 4 is 29.9 Å². The lowest BCUT2D eigenvalue weighted by molar-refractivity contribution is -0.167. The first-order valence-corrected chi connectivity index (χ1v) is 15.1. The molecule has 0 spiro atoms. The third-order valence-corrected chi connectivity index (χ3v) is 7.05. The van der Waals surface area contributed by atoms with Gasteiger partial charge in [-0.05, 0) is 53.6 Å². The number of guanidine groups is 1. The molecular formula is C33H39ClF5N7O3. The normalized spacial score (nSPS) is 14.3. The predicted octanol–water partition coefficient (Wildman–Crippen LogP) is 7.12. The number of nitriles is 1. The van der Waals surface area contributed by atoms with E-state index < -0.39 is 30.2 Å². The fraction of sp³-hybridized carbons (Fsp3) is 0.424. The zero-order valence-electron chi connectivity index (χ0n) is 27.9. The maximum absolute atomic E-state index is 13.5. The van der Waals surface area contributed by atoms with Gasteiger partial charge in [-0.2, -0.15) is 32.3 Å². The Labute approximate surface area is 286 Å². The quantitative estimate of drug-likeness (QED) is 0.105. The van der Waals surface area contributed by atoms with Crippen molar-refractivity contribution in [1.82, 2.24) is 20.0 Å². The van der Waals surface area contributed by atoms with Gasteiger partial charge in [-0.15, -0.1) is 0 Å². The fourth-order valence-corrected chi connectivity index (χ4v) is 4.27. The van der Waals surface area contributed by atoms with Crippen LogP contribution in [0.3, 0.4) is 0 Å². The van der Waals surface area contributed by atoms with Gasteiger partial charge in [-0.25, -0.2) is 4.68 Å².